The highest BCUT2D eigenvalue weighted by atomic mass is 16.6. The van der Waals surface area contributed by atoms with Gasteiger partial charge in [-0.15, -0.1) is 0 Å². The SMILES string of the molecule is CCCc1nn(C)c(NC(C)c2ncc(C)o2)c1[N+](=O)[O-]. The number of nitro groups is 1. The quantitative estimate of drug-likeness (QED) is 0.649. The molecule has 21 heavy (non-hydrogen) atoms. The van der Waals surface area contributed by atoms with E-state index in [0.717, 1.165) is 6.42 Å². The van der Waals surface area contributed by atoms with Gasteiger partial charge in [-0.25, -0.2) is 9.67 Å². The van der Waals surface area contributed by atoms with Gasteiger partial charge in [0.1, 0.15) is 17.5 Å². The number of nitrogens with zero attached hydrogens (tertiary/aromatic N) is 4. The number of oxazole rings is 1. The molecule has 114 valence electrons. The summed E-state index contributed by atoms with van der Waals surface area (Å²) in [6, 6.07) is -0.290. The highest BCUT2D eigenvalue weighted by Gasteiger charge is 2.28. The van der Waals surface area contributed by atoms with Crippen LogP contribution in [0.15, 0.2) is 10.6 Å². The Morgan fingerprint density at radius 3 is 2.81 bits per heavy atom. The van der Waals surface area contributed by atoms with E-state index in [0.29, 0.717) is 29.6 Å². The van der Waals surface area contributed by atoms with E-state index in [1.54, 1.807) is 20.2 Å². The van der Waals surface area contributed by atoms with Crippen molar-refractivity contribution in [2.24, 2.45) is 7.05 Å². The summed E-state index contributed by atoms with van der Waals surface area (Å²) >= 11 is 0. The van der Waals surface area contributed by atoms with E-state index in [9.17, 15) is 10.1 Å². The second kappa shape index (κ2) is 5.94. The molecule has 0 aliphatic heterocycles. The molecule has 2 aromatic heterocycles. The molecule has 0 saturated carbocycles. The van der Waals surface area contributed by atoms with Crippen molar-refractivity contribution >= 4 is 11.5 Å². The monoisotopic (exact) mass is 293 g/mol. The van der Waals surface area contributed by atoms with Crippen LogP contribution in [0, 0.1) is 17.0 Å². The Bertz CT molecular complexity index is 646. The van der Waals surface area contributed by atoms with Crippen molar-refractivity contribution in [2.45, 2.75) is 39.7 Å². The maximum absolute atomic E-state index is 11.3. The first kappa shape index (κ1) is 15.0. The summed E-state index contributed by atoms with van der Waals surface area (Å²) in [5.74, 6) is 1.55. The Morgan fingerprint density at radius 2 is 2.29 bits per heavy atom. The molecule has 0 radical (unpaired) electrons. The third-order valence-corrected chi connectivity index (χ3v) is 3.12. The maximum atomic E-state index is 11.3. The predicted octanol–water partition coefficient (Wildman–Crippen LogP) is 2.75. The van der Waals surface area contributed by atoms with Crippen LogP contribution in [0.4, 0.5) is 11.5 Å². The molecule has 8 heteroatoms. The molecule has 0 bridgehead atoms. The minimum Gasteiger partial charge on any atom is -0.444 e. The van der Waals surface area contributed by atoms with Gasteiger partial charge in [0.15, 0.2) is 0 Å². The summed E-state index contributed by atoms with van der Waals surface area (Å²) in [5.41, 5.74) is 0.512. The molecule has 1 N–H and O–H groups in total. The minimum atomic E-state index is -0.395. The third kappa shape index (κ3) is 3.04. The average molecular weight is 293 g/mol. The molecule has 0 aromatic carbocycles. The summed E-state index contributed by atoms with van der Waals surface area (Å²) in [7, 11) is 1.68. The summed E-state index contributed by atoms with van der Waals surface area (Å²) in [4.78, 5) is 15.1. The van der Waals surface area contributed by atoms with Gasteiger partial charge < -0.3 is 9.73 Å². The smallest absolute Gasteiger partial charge is 0.334 e. The molecule has 1 unspecified atom stereocenters. The summed E-state index contributed by atoms with van der Waals surface area (Å²) in [6.45, 7) is 5.60. The Morgan fingerprint density at radius 1 is 1.57 bits per heavy atom. The van der Waals surface area contributed by atoms with Crippen LogP contribution in [0.2, 0.25) is 0 Å². The second-order valence-electron chi connectivity index (χ2n) is 4.95. The molecule has 0 spiro atoms. The highest BCUT2D eigenvalue weighted by molar-refractivity contribution is 5.60. The van der Waals surface area contributed by atoms with E-state index in [4.69, 9.17) is 4.42 Å². The molecule has 8 nitrogen and oxygen atoms in total. The van der Waals surface area contributed by atoms with Crippen LogP contribution in [0.25, 0.3) is 0 Å². The van der Waals surface area contributed by atoms with Crippen LogP contribution in [0.5, 0.6) is 0 Å². The van der Waals surface area contributed by atoms with Crippen molar-refractivity contribution in [3.63, 3.8) is 0 Å². The van der Waals surface area contributed by atoms with Gasteiger partial charge in [0.05, 0.1) is 11.1 Å². The molecule has 2 heterocycles. The summed E-state index contributed by atoms with van der Waals surface area (Å²) in [6.07, 6.45) is 2.98. The first-order valence-corrected chi connectivity index (χ1v) is 6.83. The molecule has 0 amide bonds. The average Bonchev–Trinajstić information content (AvgIpc) is 2.95. The standard InChI is InChI=1S/C13H19N5O3/c1-5-6-10-11(18(19)20)12(17(4)16-10)15-9(3)13-14-7-8(2)21-13/h7,9,15H,5-6H2,1-4H3. The number of anilines is 1. The van der Waals surface area contributed by atoms with Gasteiger partial charge >= 0.3 is 5.69 Å². The van der Waals surface area contributed by atoms with E-state index in [-0.39, 0.29) is 11.7 Å². The fourth-order valence-electron chi connectivity index (χ4n) is 2.17. The van der Waals surface area contributed by atoms with Gasteiger partial charge in [-0.2, -0.15) is 5.10 Å². The zero-order chi connectivity index (χ0) is 15.6. The van der Waals surface area contributed by atoms with Crippen LogP contribution >= 0.6 is 0 Å². The van der Waals surface area contributed by atoms with E-state index in [1.807, 2.05) is 13.8 Å². The van der Waals surface area contributed by atoms with Gasteiger partial charge in [0.2, 0.25) is 11.7 Å². The third-order valence-electron chi connectivity index (χ3n) is 3.12. The lowest BCUT2D eigenvalue weighted by atomic mass is 10.2. The first-order chi connectivity index (χ1) is 9.93. The molecular formula is C13H19N5O3. The van der Waals surface area contributed by atoms with Crippen LogP contribution in [-0.2, 0) is 13.5 Å². The second-order valence-corrected chi connectivity index (χ2v) is 4.95. The minimum absolute atomic E-state index is 0.0227. The molecule has 2 rings (SSSR count). The lowest BCUT2D eigenvalue weighted by Crippen LogP contribution is -2.11. The Kier molecular flexibility index (Phi) is 4.25. The van der Waals surface area contributed by atoms with Crippen LogP contribution in [-0.4, -0.2) is 19.7 Å². The molecule has 0 aliphatic rings. The van der Waals surface area contributed by atoms with Crippen LogP contribution in [0.1, 0.15) is 43.7 Å². The van der Waals surface area contributed by atoms with Crippen molar-refractivity contribution in [3.8, 4) is 0 Å². The topological polar surface area (TPSA) is 99.0 Å². The van der Waals surface area contributed by atoms with E-state index >= 15 is 0 Å². The summed E-state index contributed by atoms with van der Waals surface area (Å²) < 4.78 is 6.93. The van der Waals surface area contributed by atoms with E-state index < -0.39 is 4.92 Å². The fourth-order valence-corrected chi connectivity index (χ4v) is 2.17. The predicted molar refractivity (Wildman–Crippen MR) is 77.1 cm³/mol. The maximum Gasteiger partial charge on any atom is 0.334 e. The molecular weight excluding hydrogens is 274 g/mol. The number of aromatic nitrogens is 3. The van der Waals surface area contributed by atoms with Gasteiger partial charge in [-0.05, 0) is 20.3 Å². The largest absolute Gasteiger partial charge is 0.444 e. The zero-order valence-electron chi connectivity index (χ0n) is 12.6. The molecule has 2 aromatic rings. The lowest BCUT2D eigenvalue weighted by molar-refractivity contribution is -0.384. The Balaban J connectivity index is 2.32. The van der Waals surface area contributed by atoms with E-state index in [1.165, 1.54) is 4.68 Å². The van der Waals surface area contributed by atoms with Crippen molar-refractivity contribution in [3.05, 3.63) is 33.7 Å². The van der Waals surface area contributed by atoms with Crippen molar-refractivity contribution in [1.82, 2.24) is 14.8 Å². The van der Waals surface area contributed by atoms with Gasteiger partial charge in [-0.1, -0.05) is 13.3 Å². The van der Waals surface area contributed by atoms with Crippen molar-refractivity contribution in [1.29, 1.82) is 0 Å². The van der Waals surface area contributed by atoms with Gasteiger partial charge in [0.25, 0.3) is 0 Å². The molecule has 1 atom stereocenters. The van der Waals surface area contributed by atoms with Crippen molar-refractivity contribution < 1.29 is 9.34 Å². The van der Waals surface area contributed by atoms with E-state index in [2.05, 4.69) is 15.4 Å². The van der Waals surface area contributed by atoms with Crippen LogP contribution < -0.4 is 5.32 Å². The number of nitrogens with one attached hydrogen (secondary N) is 1. The zero-order valence-corrected chi connectivity index (χ0v) is 12.6. The molecule has 0 saturated heterocycles. The molecule has 0 aliphatic carbocycles. The lowest BCUT2D eigenvalue weighted by Gasteiger charge is -2.11. The number of aryl methyl sites for hydroxylation is 3. The number of rotatable bonds is 6. The first-order valence-electron chi connectivity index (χ1n) is 6.83. The highest BCUT2D eigenvalue weighted by Crippen LogP contribution is 2.31. The van der Waals surface area contributed by atoms with Gasteiger partial charge in [0, 0.05) is 7.05 Å². The Labute approximate surface area is 122 Å². The fraction of sp³-hybridized carbons (Fsp3) is 0.538. The normalized spacial score (nSPS) is 12.4. The molecule has 0 fully saturated rings. The van der Waals surface area contributed by atoms with Crippen molar-refractivity contribution in [2.75, 3.05) is 5.32 Å². The van der Waals surface area contributed by atoms with Crippen LogP contribution in [0.3, 0.4) is 0 Å². The summed E-state index contributed by atoms with van der Waals surface area (Å²) in [5, 5.41) is 18.6. The number of hydrogen-bond donors (Lipinski definition) is 1. The number of hydrogen-bond acceptors (Lipinski definition) is 6. The van der Waals surface area contributed by atoms with Gasteiger partial charge in [-0.3, -0.25) is 10.1 Å². The Hall–Kier alpha value is -2.38.